The van der Waals surface area contributed by atoms with Crippen LogP contribution in [0.2, 0.25) is 0 Å². The van der Waals surface area contributed by atoms with Crippen molar-refractivity contribution in [3.8, 4) is 5.75 Å². The molecular formula is C15H21NO. The van der Waals surface area contributed by atoms with Crippen molar-refractivity contribution in [2.45, 2.75) is 32.1 Å². The van der Waals surface area contributed by atoms with Gasteiger partial charge >= 0.3 is 0 Å². The Hall–Kier alpha value is -1.02. The third-order valence-electron chi connectivity index (χ3n) is 4.59. The molecule has 1 unspecified atom stereocenters. The molecule has 1 heterocycles. The monoisotopic (exact) mass is 231 g/mol. The maximum Gasteiger partial charge on any atom is 0.121 e. The molecule has 1 aromatic rings. The van der Waals surface area contributed by atoms with Crippen molar-refractivity contribution < 1.29 is 4.74 Å². The van der Waals surface area contributed by atoms with Crippen molar-refractivity contribution in [2.75, 3.05) is 20.2 Å². The average Bonchev–Trinajstić information content (AvgIpc) is 2.73. The van der Waals surface area contributed by atoms with Gasteiger partial charge in [0, 0.05) is 13.1 Å². The van der Waals surface area contributed by atoms with E-state index in [0.29, 0.717) is 5.41 Å². The van der Waals surface area contributed by atoms with Crippen LogP contribution in [0, 0.1) is 12.3 Å². The first kappa shape index (κ1) is 11.1. The zero-order valence-electron chi connectivity index (χ0n) is 10.8. The van der Waals surface area contributed by atoms with Crippen LogP contribution in [0.1, 0.15) is 36.3 Å². The zero-order chi connectivity index (χ0) is 11.9. The van der Waals surface area contributed by atoms with Gasteiger partial charge in [-0.25, -0.2) is 0 Å². The molecular weight excluding hydrogens is 210 g/mol. The highest BCUT2D eigenvalue weighted by Gasteiger charge is 2.43. The van der Waals surface area contributed by atoms with E-state index in [1.807, 2.05) is 0 Å². The second-order valence-electron chi connectivity index (χ2n) is 5.77. The first-order valence-electron chi connectivity index (χ1n) is 6.58. The Labute approximate surface area is 103 Å². The Balaban J connectivity index is 1.78. The molecule has 1 saturated carbocycles. The minimum atomic E-state index is 0.637. The SMILES string of the molecule is COc1ccc(C2CCC3(CNC3)C2)cc1C. The van der Waals surface area contributed by atoms with E-state index >= 15 is 0 Å². The molecule has 0 aromatic heterocycles. The zero-order valence-corrected chi connectivity index (χ0v) is 10.8. The molecule has 1 aliphatic carbocycles. The molecule has 1 N–H and O–H groups in total. The lowest BCUT2D eigenvalue weighted by Crippen LogP contribution is -2.51. The summed E-state index contributed by atoms with van der Waals surface area (Å²) in [5.41, 5.74) is 3.41. The summed E-state index contributed by atoms with van der Waals surface area (Å²) < 4.78 is 5.33. The topological polar surface area (TPSA) is 21.3 Å². The van der Waals surface area contributed by atoms with Crippen molar-refractivity contribution in [1.82, 2.24) is 5.32 Å². The number of methoxy groups -OCH3 is 1. The molecule has 1 saturated heterocycles. The Bertz CT molecular complexity index is 423. The summed E-state index contributed by atoms with van der Waals surface area (Å²) in [6.45, 7) is 4.61. The Morgan fingerprint density at radius 3 is 2.71 bits per heavy atom. The lowest BCUT2D eigenvalue weighted by atomic mass is 9.79. The molecule has 1 aromatic carbocycles. The van der Waals surface area contributed by atoms with Crippen molar-refractivity contribution in [3.63, 3.8) is 0 Å². The van der Waals surface area contributed by atoms with E-state index in [1.165, 1.54) is 43.5 Å². The molecule has 1 aliphatic heterocycles. The smallest absolute Gasteiger partial charge is 0.121 e. The summed E-state index contributed by atoms with van der Waals surface area (Å²) in [5.74, 6) is 1.77. The summed E-state index contributed by atoms with van der Waals surface area (Å²) in [6.07, 6.45) is 4.12. The maximum absolute atomic E-state index is 5.33. The molecule has 17 heavy (non-hydrogen) atoms. The number of benzene rings is 1. The number of hydrogen-bond acceptors (Lipinski definition) is 2. The Morgan fingerprint density at radius 2 is 2.18 bits per heavy atom. The van der Waals surface area contributed by atoms with E-state index in [4.69, 9.17) is 4.74 Å². The molecule has 0 radical (unpaired) electrons. The Morgan fingerprint density at radius 1 is 1.35 bits per heavy atom. The van der Waals surface area contributed by atoms with Gasteiger partial charge in [0.1, 0.15) is 5.75 Å². The molecule has 3 rings (SSSR count). The van der Waals surface area contributed by atoms with Crippen LogP contribution in [0.3, 0.4) is 0 Å². The highest BCUT2D eigenvalue weighted by atomic mass is 16.5. The van der Waals surface area contributed by atoms with E-state index in [0.717, 1.165) is 11.7 Å². The van der Waals surface area contributed by atoms with Crippen LogP contribution in [0.5, 0.6) is 5.75 Å². The molecule has 2 heteroatoms. The van der Waals surface area contributed by atoms with Gasteiger partial charge in [0.05, 0.1) is 7.11 Å². The molecule has 0 bridgehead atoms. The van der Waals surface area contributed by atoms with Crippen LogP contribution in [0.4, 0.5) is 0 Å². The standard InChI is InChI=1S/C15H21NO/c1-11-7-12(3-4-14(11)17-2)13-5-6-15(8-13)9-16-10-15/h3-4,7,13,16H,5-6,8-10H2,1-2H3. The van der Waals surface area contributed by atoms with Gasteiger partial charge in [-0.1, -0.05) is 12.1 Å². The molecule has 2 aliphatic rings. The molecule has 1 atom stereocenters. The number of ether oxygens (including phenoxy) is 1. The van der Waals surface area contributed by atoms with E-state index in [-0.39, 0.29) is 0 Å². The quantitative estimate of drug-likeness (QED) is 0.845. The van der Waals surface area contributed by atoms with Crippen LogP contribution >= 0.6 is 0 Å². The van der Waals surface area contributed by atoms with Crippen molar-refractivity contribution in [2.24, 2.45) is 5.41 Å². The Kier molecular flexibility index (Phi) is 2.62. The molecule has 0 amide bonds. The lowest BCUT2D eigenvalue weighted by molar-refractivity contribution is 0.175. The lowest BCUT2D eigenvalue weighted by Gasteiger charge is -2.39. The second kappa shape index (κ2) is 4.02. The minimum absolute atomic E-state index is 0.637. The van der Waals surface area contributed by atoms with Crippen LogP contribution in [-0.2, 0) is 0 Å². The van der Waals surface area contributed by atoms with Gasteiger partial charge in [-0.3, -0.25) is 0 Å². The highest BCUT2D eigenvalue weighted by Crippen LogP contribution is 2.49. The molecule has 2 nitrogen and oxygen atoms in total. The van der Waals surface area contributed by atoms with Gasteiger partial charge in [-0.2, -0.15) is 0 Å². The van der Waals surface area contributed by atoms with Crippen molar-refractivity contribution in [1.29, 1.82) is 0 Å². The van der Waals surface area contributed by atoms with E-state index in [1.54, 1.807) is 7.11 Å². The number of hydrogen-bond donors (Lipinski definition) is 1. The minimum Gasteiger partial charge on any atom is -0.496 e. The fourth-order valence-electron chi connectivity index (χ4n) is 3.45. The summed E-state index contributed by atoms with van der Waals surface area (Å²) in [4.78, 5) is 0. The highest BCUT2D eigenvalue weighted by molar-refractivity contribution is 5.38. The van der Waals surface area contributed by atoms with E-state index < -0.39 is 0 Å². The van der Waals surface area contributed by atoms with Crippen LogP contribution in [0.15, 0.2) is 18.2 Å². The van der Waals surface area contributed by atoms with E-state index in [2.05, 4.69) is 30.4 Å². The normalized spacial score (nSPS) is 25.9. The van der Waals surface area contributed by atoms with Gasteiger partial charge in [0.25, 0.3) is 0 Å². The summed E-state index contributed by atoms with van der Waals surface area (Å²) >= 11 is 0. The van der Waals surface area contributed by atoms with Crippen LogP contribution in [0.25, 0.3) is 0 Å². The van der Waals surface area contributed by atoms with Gasteiger partial charge in [0.2, 0.25) is 0 Å². The van der Waals surface area contributed by atoms with Crippen molar-refractivity contribution >= 4 is 0 Å². The van der Waals surface area contributed by atoms with E-state index in [9.17, 15) is 0 Å². The predicted molar refractivity (Wildman–Crippen MR) is 69.6 cm³/mol. The largest absolute Gasteiger partial charge is 0.496 e. The maximum atomic E-state index is 5.33. The van der Waals surface area contributed by atoms with Gasteiger partial charge in [0.15, 0.2) is 0 Å². The fourth-order valence-corrected chi connectivity index (χ4v) is 3.45. The van der Waals surface area contributed by atoms with Gasteiger partial charge in [-0.15, -0.1) is 0 Å². The number of aryl methyl sites for hydroxylation is 1. The van der Waals surface area contributed by atoms with Crippen molar-refractivity contribution in [3.05, 3.63) is 29.3 Å². The third-order valence-corrected chi connectivity index (χ3v) is 4.59. The third kappa shape index (κ3) is 1.85. The first-order chi connectivity index (χ1) is 8.22. The average molecular weight is 231 g/mol. The van der Waals surface area contributed by atoms with Gasteiger partial charge in [-0.05, 0) is 54.7 Å². The van der Waals surface area contributed by atoms with Crippen LogP contribution < -0.4 is 10.1 Å². The molecule has 1 spiro atoms. The summed E-state index contributed by atoms with van der Waals surface area (Å²) in [6, 6.07) is 6.69. The molecule has 2 fully saturated rings. The number of nitrogens with one attached hydrogen (secondary N) is 1. The fraction of sp³-hybridized carbons (Fsp3) is 0.600. The molecule has 92 valence electrons. The van der Waals surface area contributed by atoms with Gasteiger partial charge < -0.3 is 10.1 Å². The number of rotatable bonds is 2. The second-order valence-corrected chi connectivity index (χ2v) is 5.77. The summed E-state index contributed by atoms with van der Waals surface area (Å²) in [7, 11) is 1.74. The first-order valence-corrected chi connectivity index (χ1v) is 6.58. The predicted octanol–water partition coefficient (Wildman–Crippen LogP) is 2.86. The summed E-state index contributed by atoms with van der Waals surface area (Å²) in [5, 5.41) is 3.43. The van der Waals surface area contributed by atoms with Crippen LogP contribution in [-0.4, -0.2) is 20.2 Å².